The van der Waals surface area contributed by atoms with Crippen molar-refractivity contribution in [2.24, 2.45) is 0 Å². The first-order chi connectivity index (χ1) is 8.30. The van der Waals surface area contributed by atoms with Crippen LogP contribution in [0.5, 0.6) is 0 Å². The molecule has 3 rings (SSSR count). The van der Waals surface area contributed by atoms with Gasteiger partial charge >= 0.3 is 0 Å². The summed E-state index contributed by atoms with van der Waals surface area (Å²) in [4.78, 5) is 7.96. The van der Waals surface area contributed by atoms with Crippen LogP contribution >= 0.6 is 11.6 Å². The maximum absolute atomic E-state index is 5.99. The zero-order valence-corrected chi connectivity index (χ0v) is 9.93. The zero-order chi connectivity index (χ0) is 11.7. The molecule has 6 heteroatoms. The molecule has 5 nitrogen and oxygen atoms in total. The molecule has 1 fully saturated rings. The van der Waals surface area contributed by atoms with E-state index in [-0.39, 0.29) is 5.54 Å². The Morgan fingerprint density at radius 3 is 3.00 bits per heavy atom. The summed E-state index contributed by atoms with van der Waals surface area (Å²) in [6.07, 6.45) is 9.13. The third-order valence-electron chi connectivity index (χ3n) is 3.07. The highest BCUT2D eigenvalue weighted by Gasteiger charge is 2.45. The predicted octanol–water partition coefficient (Wildman–Crippen LogP) is 1.93. The minimum atomic E-state index is 0.0950. The van der Waals surface area contributed by atoms with E-state index in [1.165, 1.54) is 6.33 Å². The molecule has 1 N–H and O–H groups in total. The first kappa shape index (κ1) is 10.5. The summed E-state index contributed by atoms with van der Waals surface area (Å²) in [5.74, 6) is 0.681. The summed E-state index contributed by atoms with van der Waals surface area (Å²) in [6, 6.07) is 1.94. The molecule has 2 heterocycles. The van der Waals surface area contributed by atoms with E-state index >= 15 is 0 Å². The van der Waals surface area contributed by atoms with Gasteiger partial charge in [0.15, 0.2) is 0 Å². The Kier molecular flexibility index (Phi) is 2.48. The van der Waals surface area contributed by atoms with Crippen LogP contribution < -0.4 is 5.32 Å². The lowest BCUT2D eigenvalue weighted by atomic mass is 10.3. The SMILES string of the molecule is Clc1cncnc1NCC1(n2cccn2)CC1. The number of nitrogens with one attached hydrogen (secondary N) is 1. The van der Waals surface area contributed by atoms with Gasteiger partial charge in [0.1, 0.15) is 17.2 Å². The van der Waals surface area contributed by atoms with Crippen LogP contribution in [-0.2, 0) is 5.54 Å². The normalized spacial score (nSPS) is 16.8. The van der Waals surface area contributed by atoms with Gasteiger partial charge in [-0.3, -0.25) is 4.68 Å². The van der Waals surface area contributed by atoms with Gasteiger partial charge in [-0.15, -0.1) is 0 Å². The summed E-state index contributed by atoms with van der Waals surface area (Å²) in [5.41, 5.74) is 0.0950. The van der Waals surface area contributed by atoms with Gasteiger partial charge in [0, 0.05) is 18.9 Å². The molecule has 2 aromatic rings. The maximum Gasteiger partial charge on any atom is 0.148 e. The van der Waals surface area contributed by atoms with Crippen molar-refractivity contribution in [2.75, 3.05) is 11.9 Å². The Morgan fingerprint density at radius 1 is 1.47 bits per heavy atom. The summed E-state index contributed by atoms with van der Waals surface area (Å²) in [7, 11) is 0. The second-order valence-corrected chi connectivity index (χ2v) is 4.66. The van der Waals surface area contributed by atoms with Gasteiger partial charge in [0.25, 0.3) is 0 Å². The van der Waals surface area contributed by atoms with Crippen molar-refractivity contribution < 1.29 is 0 Å². The van der Waals surface area contributed by atoms with Crippen LogP contribution in [0.15, 0.2) is 31.0 Å². The fraction of sp³-hybridized carbons (Fsp3) is 0.364. The highest BCUT2D eigenvalue weighted by atomic mass is 35.5. The van der Waals surface area contributed by atoms with E-state index in [2.05, 4.69) is 20.4 Å². The predicted molar refractivity (Wildman–Crippen MR) is 65.0 cm³/mol. The van der Waals surface area contributed by atoms with Crippen molar-refractivity contribution in [2.45, 2.75) is 18.4 Å². The van der Waals surface area contributed by atoms with Gasteiger partial charge in [-0.1, -0.05) is 11.6 Å². The average Bonchev–Trinajstić information content (AvgIpc) is 2.92. The molecule has 0 unspecified atom stereocenters. The third kappa shape index (κ3) is 1.98. The Morgan fingerprint density at radius 2 is 2.35 bits per heavy atom. The largest absolute Gasteiger partial charge is 0.366 e. The van der Waals surface area contributed by atoms with Crippen LogP contribution in [0, 0.1) is 0 Å². The van der Waals surface area contributed by atoms with Gasteiger partial charge < -0.3 is 5.32 Å². The lowest BCUT2D eigenvalue weighted by Crippen LogP contribution is -2.27. The molecule has 0 bridgehead atoms. The second kappa shape index (κ2) is 4.00. The van der Waals surface area contributed by atoms with Crippen molar-refractivity contribution in [1.82, 2.24) is 19.7 Å². The van der Waals surface area contributed by atoms with E-state index in [0.29, 0.717) is 10.8 Å². The first-order valence-electron chi connectivity index (χ1n) is 5.50. The molecule has 1 aliphatic rings. The Hall–Kier alpha value is -1.62. The first-order valence-corrected chi connectivity index (χ1v) is 5.87. The molecule has 0 amide bonds. The molecular weight excluding hydrogens is 238 g/mol. The molecule has 0 radical (unpaired) electrons. The molecule has 0 aromatic carbocycles. The fourth-order valence-corrected chi connectivity index (χ4v) is 2.04. The standard InChI is InChI=1S/C11H12ClN5/c12-9-6-13-8-15-10(9)14-7-11(2-3-11)17-5-1-4-16-17/h1,4-6,8H,2-3,7H2,(H,13,14,15). The lowest BCUT2D eigenvalue weighted by molar-refractivity contribution is 0.453. The summed E-state index contributed by atoms with van der Waals surface area (Å²) < 4.78 is 2.01. The lowest BCUT2D eigenvalue weighted by Gasteiger charge is -2.17. The van der Waals surface area contributed by atoms with Crippen molar-refractivity contribution in [3.63, 3.8) is 0 Å². The number of halogens is 1. The molecular formula is C11H12ClN5. The summed E-state index contributed by atoms with van der Waals surface area (Å²) >= 11 is 5.99. The fourth-order valence-electron chi connectivity index (χ4n) is 1.87. The number of nitrogens with zero attached hydrogens (tertiary/aromatic N) is 4. The molecule has 17 heavy (non-hydrogen) atoms. The van der Waals surface area contributed by atoms with Crippen LogP contribution in [-0.4, -0.2) is 26.3 Å². The highest BCUT2D eigenvalue weighted by molar-refractivity contribution is 6.32. The van der Waals surface area contributed by atoms with E-state index in [4.69, 9.17) is 11.6 Å². The van der Waals surface area contributed by atoms with E-state index in [1.807, 2.05) is 16.9 Å². The highest BCUT2D eigenvalue weighted by Crippen LogP contribution is 2.42. The average molecular weight is 250 g/mol. The Balaban J connectivity index is 1.71. The van der Waals surface area contributed by atoms with Crippen LogP contribution in [0.2, 0.25) is 5.02 Å². The van der Waals surface area contributed by atoms with Gasteiger partial charge in [-0.2, -0.15) is 5.10 Å². The minimum Gasteiger partial charge on any atom is -0.366 e. The van der Waals surface area contributed by atoms with E-state index in [1.54, 1.807) is 12.4 Å². The summed E-state index contributed by atoms with van der Waals surface area (Å²) in [5, 5.41) is 8.10. The van der Waals surface area contributed by atoms with E-state index < -0.39 is 0 Å². The van der Waals surface area contributed by atoms with Gasteiger partial charge in [-0.05, 0) is 18.9 Å². The van der Waals surface area contributed by atoms with E-state index in [0.717, 1.165) is 19.4 Å². The van der Waals surface area contributed by atoms with Gasteiger partial charge in [0.05, 0.1) is 11.7 Å². The quantitative estimate of drug-likeness (QED) is 0.900. The van der Waals surface area contributed by atoms with E-state index in [9.17, 15) is 0 Å². The van der Waals surface area contributed by atoms with Crippen molar-refractivity contribution in [3.8, 4) is 0 Å². The minimum absolute atomic E-state index is 0.0950. The molecule has 1 saturated carbocycles. The monoisotopic (exact) mass is 249 g/mol. The number of hydrogen-bond donors (Lipinski definition) is 1. The molecule has 0 saturated heterocycles. The Bertz CT molecular complexity index is 506. The van der Waals surface area contributed by atoms with Crippen molar-refractivity contribution in [3.05, 3.63) is 36.0 Å². The van der Waals surface area contributed by atoms with Gasteiger partial charge in [-0.25, -0.2) is 9.97 Å². The smallest absolute Gasteiger partial charge is 0.148 e. The van der Waals surface area contributed by atoms with Crippen LogP contribution in [0.3, 0.4) is 0 Å². The van der Waals surface area contributed by atoms with Gasteiger partial charge in [0.2, 0.25) is 0 Å². The molecule has 0 spiro atoms. The van der Waals surface area contributed by atoms with Crippen LogP contribution in [0.25, 0.3) is 0 Å². The molecule has 1 aliphatic carbocycles. The number of hydrogen-bond acceptors (Lipinski definition) is 4. The maximum atomic E-state index is 5.99. The van der Waals surface area contributed by atoms with Crippen LogP contribution in [0.1, 0.15) is 12.8 Å². The van der Waals surface area contributed by atoms with Crippen molar-refractivity contribution in [1.29, 1.82) is 0 Å². The number of anilines is 1. The van der Waals surface area contributed by atoms with Crippen molar-refractivity contribution >= 4 is 17.4 Å². The topological polar surface area (TPSA) is 55.6 Å². The summed E-state index contributed by atoms with van der Waals surface area (Å²) in [6.45, 7) is 0.783. The molecule has 0 aliphatic heterocycles. The number of rotatable bonds is 4. The molecule has 0 atom stereocenters. The zero-order valence-electron chi connectivity index (χ0n) is 9.17. The number of aromatic nitrogens is 4. The molecule has 2 aromatic heterocycles. The van der Waals surface area contributed by atoms with Crippen LogP contribution in [0.4, 0.5) is 5.82 Å². The third-order valence-corrected chi connectivity index (χ3v) is 3.35. The Labute approximate surface area is 104 Å². The second-order valence-electron chi connectivity index (χ2n) is 4.25. The molecule has 88 valence electrons.